The van der Waals surface area contributed by atoms with Crippen molar-refractivity contribution in [3.63, 3.8) is 0 Å². The molecule has 2 amide bonds. The van der Waals surface area contributed by atoms with Gasteiger partial charge < -0.3 is 20.5 Å². The van der Waals surface area contributed by atoms with Crippen LogP contribution in [0.3, 0.4) is 0 Å². The molecule has 10 heteroatoms. The lowest BCUT2D eigenvalue weighted by Gasteiger charge is -2.25. The summed E-state index contributed by atoms with van der Waals surface area (Å²) in [5.74, 6) is -1.92. The number of anilines is 2. The van der Waals surface area contributed by atoms with Crippen molar-refractivity contribution in [1.29, 1.82) is 0 Å². The van der Waals surface area contributed by atoms with Crippen LogP contribution in [0.1, 0.15) is 22.8 Å². The number of methoxy groups -OCH3 is 1. The Morgan fingerprint density at radius 2 is 2.00 bits per heavy atom. The van der Waals surface area contributed by atoms with Gasteiger partial charge in [-0.25, -0.2) is 13.9 Å². The molecule has 3 aromatic rings. The third kappa shape index (κ3) is 3.82. The number of carboxylic acid groups (broad SMARTS) is 1. The fourth-order valence-electron chi connectivity index (χ4n) is 3.37. The van der Waals surface area contributed by atoms with Gasteiger partial charge in [-0.3, -0.25) is 9.59 Å². The van der Waals surface area contributed by atoms with E-state index in [0.717, 1.165) is 0 Å². The Hall–Kier alpha value is -4.21. The molecule has 2 aromatic carbocycles. The van der Waals surface area contributed by atoms with Gasteiger partial charge in [0.25, 0.3) is 0 Å². The highest BCUT2D eigenvalue weighted by atomic mass is 19.1. The van der Waals surface area contributed by atoms with E-state index in [1.165, 1.54) is 48.3 Å². The van der Waals surface area contributed by atoms with Gasteiger partial charge in [0.1, 0.15) is 23.4 Å². The quantitative estimate of drug-likeness (QED) is 0.579. The van der Waals surface area contributed by atoms with Gasteiger partial charge in [-0.2, -0.15) is 5.10 Å². The van der Waals surface area contributed by atoms with Crippen LogP contribution in [-0.4, -0.2) is 39.8 Å². The van der Waals surface area contributed by atoms with Gasteiger partial charge in [0.2, 0.25) is 11.8 Å². The first-order valence-electron chi connectivity index (χ1n) is 9.23. The minimum Gasteiger partial charge on any atom is -0.495 e. The van der Waals surface area contributed by atoms with Crippen LogP contribution in [0.15, 0.2) is 48.7 Å². The number of carbonyl (C=O) groups excluding carboxylic acids is 2. The van der Waals surface area contributed by atoms with Crippen molar-refractivity contribution >= 4 is 29.3 Å². The van der Waals surface area contributed by atoms with E-state index in [0.29, 0.717) is 16.9 Å². The maximum absolute atomic E-state index is 13.3. The number of hydrogen-bond acceptors (Lipinski definition) is 5. The van der Waals surface area contributed by atoms with Gasteiger partial charge in [-0.05, 0) is 35.9 Å². The minimum atomic E-state index is -1.16. The predicted octanol–water partition coefficient (Wildman–Crippen LogP) is 2.92. The van der Waals surface area contributed by atoms with Crippen LogP contribution < -0.4 is 15.4 Å². The van der Waals surface area contributed by atoms with E-state index in [1.54, 1.807) is 12.1 Å². The molecule has 4 rings (SSSR count). The summed E-state index contributed by atoms with van der Waals surface area (Å²) < 4.78 is 19.8. The number of fused-ring (bicyclic) bond motifs is 1. The first-order chi connectivity index (χ1) is 14.9. The normalized spacial score (nSPS) is 15.0. The number of carboxylic acids is 1. The lowest BCUT2D eigenvalue weighted by molar-refractivity contribution is -0.125. The van der Waals surface area contributed by atoms with E-state index in [2.05, 4.69) is 15.7 Å². The smallest absolute Gasteiger partial charge is 0.335 e. The average molecular weight is 424 g/mol. The number of aromatic nitrogens is 2. The first kappa shape index (κ1) is 20.1. The number of ether oxygens (including phenoxy) is 1. The van der Waals surface area contributed by atoms with Crippen molar-refractivity contribution in [2.45, 2.75) is 12.5 Å². The zero-order valence-corrected chi connectivity index (χ0v) is 16.3. The van der Waals surface area contributed by atoms with Gasteiger partial charge in [0.05, 0.1) is 31.0 Å². The van der Waals surface area contributed by atoms with Crippen molar-refractivity contribution in [2.24, 2.45) is 0 Å². The lowest BCUT2D eigenvalue weighted by Crippen LogP contribution is -2.36. The number of aromatic carboxylic acids is 1. The van der Waals surface area contributed by atoms with Gasteiger partial charge >= 0.3 is 5.97 Å². The Balaban J connectivity index is 1.67. The van der Waals surface area contributed by atoms with Crippen LogP contribution in [0.25, 0.3) is 11.1 Å². The van der Waals surface area contributed by atoms with E-state index < -0.39 is 23.7 Å². The van der Waals surface area contributed by atoms with E-state index in [1.807, 2.05) is 0 Å². The van der Waals surface area contributed by atoms with E-state index in [-0.39, 0.29) is 29.3 Å². The number of hydrogen-bond donors (Lipinski definition) is 3. The predicted molar refractivity (Wildman–Crippen MR) is 108 cm³/mol. The third-order valence-corrected chi connectivity index (χ3v) is 4.89. The highest BCUT2D eigenvalue weighted by Crippen LogP contribution is 2.35. The van der Waals surface area contributed by atoms with Crippen molar-refractivity contribution in [3.8, 4) is 16.9 Å². The molecule has 0 saturated heterocycles. The monoisotopic (exact) mass is 424 g/mol. The molecule has 1 aliphatic rings. The molecule has 0 aliphatic carbocycles. The van der Waals surface area contributed by atoms with Crippen LogP contribution in [0, 0.1) is 5.82 Å². The lowest BCUT2D eigenvalue weighted by atomic mass is 10.1. The highest BCUT2D eigenvalue weighted by Gasteiger charge is 2.33. The number of carbonyl (C=O) groups is 3. The molecule has 0 unspecified atom stereocenters. The van der Waals surface area contributed by atoms with Crippen molar-refractivity contribution in [3.05, 3.63) is 60.0 Å². The van der Waals surface area contributed by atoms with Crippen molar-refractivity contribution in [1.82, 2.24) is 9.78 Å². The fourth-order valence-corrected chi connectivity index (χ4v) is 3.37. The molecular weight excluding hydrogens is 407 g/mol. The minimum absolute atomic E-state index is 0.0316. The summed E-state index contributed by atoms with van der Waals surface area (Å²) in [5, 5.41) is 18.8. The molecule has 2 heterocycles. The molecule has 3 N–H and O–H groups in total. The second-order valence-electron chi connectivity index (χ2n) is 6.84. The molecule has 1 aliphatic heterocycles. The highest BCUT2D eigenvalue weighted by molar-refractivity contribution is 6.04. The summed E-state index contributed by atoms with van der Waals surface area (Å²) in [6.07, 6.45) is 1.32. The second kappa shape index (κ2) is 7.90. The third-order valence-electron chi connectivity index (χ3n) is 4.89. The Morgan fingerprint density at radius 3 is 2.68 bits per heavy atom. The summed E-state index contributed by atoms with van der Waals surface area (Å²) in [4.78, 5) is 36.6. The molecule has 0 saturated carbocycles. The number of rotatable bonds is 5. The topological polar surface area (TPSA) is 123 Å². The van der Waals surface area contributed by atoms with E-state index in [9.17, 15) is 23.9 Å². The maximum atomic E-state index is 13.3. The van der Waals surface area contributed by atoms with E-state index in [4.69, 9.17) is 4.74 Å². The molecule has 0 spiro atoms. The Kier molecular flexibility index (Phi) is 5.12. The molecule has 1 aromatic heterocycles. The molecular formula is C21H17FN4O5. The first-order valence-corrected chi connectivity index (χ1v) is 9.23. The fraction of sp³-hybridized carbons (Fsp3) is 0.143. The largest absolute Gasteiger partial charge is 0.495 e. The van der Waals surface area contributed by atoms with Crippen LogP contribution >= 0.6 is 0 Å². The SMILES string of the molecule is COc1ccc(C(=O)O)cc1NC(=O)[C@@H]1CC(=O)Nc2c(-c3ccc(F)cc3)cnn21. The molecule has 0 radical (unpaired) electrons. The zero-order valence-electron chi connectivity index (χ0n) is 16.3. The number of nitrogens with one attached hydrogen (secondary N) is 2. The zero-order chi connectivity index (χ0) is 22.1. The number of benzene rings is 2. The average Bonchev–Trinajstić information content (AvgIpc) is 3.17. The summed E-state index contributed by atoms with van der Waals surface area (Å²) in [6, 6.07) is 8.75. The number of halogens is 1. The Morgan fingerprint density at radius 1 is 1.26 bits per heavy atom. The summed E-state index contributed by atoms with van der Waals surface area (Å²) in [7, 11) is 1.39. The molecule has 158 valence electrons. The van der Waals surface area contributed by atoms with Gasteiger partial charge in [0.15, 0.2) is 0 Å². The van der Waals surface area contributed by atoms with Gasteiger partial charge in [-0.1, -0.05) is 12.1 Å². The summed E-state index contributed by atoms with van der Waals surface area (Å²) in [6.45, 7) is 0. The van der Waals surface area contributed by atoms with Crippen LogP contribution in [0.5, 0.6) is 5.75 Å². The molecule has 31 heavy (non-hydrogen) atoms. The van der Waals surface area contributed by atoms with Crippen LogP contribution in [-0.2, 0) is 9.59 Å². The van der Waals surface area contributed by atoms with Crippen LogP contribution in [0.2, 0.25) is 0 Å². The number of nitrogens with zero attached hydrogens (tertiary/aromatic N) is 2. The molecule has 0 fully saturated rings. The summed E-state index contributed by atoms with van der Waals surface area (Å²) in [5.41, 5.74) is 1.29. The van der Waals surface area contributed by atoms with Crippen molar-refractivity contribution in [2.75, 3.05) is 17.7 Å². The Labute approximate surface area is 175 Å². The molecule has 9 nitrogen and oxygen atoms in total. The van der Waals surface area contributed by atoms with Gasteiger partial charge in [0, 0.05) is 5.56 Å². The molecule has 0 bridgehead atoms. The second-order valence-corrected chi connectivity index (χ2v) is 6.84. The standard InChI is InChI=1S/C21H17FN4O5/c1-31-17-7-4-12(21(29)30)8-15(17)24-20(28)16-9-18(27)25-19-14(10-23-26(16)19)11-2-5-13(22)6-3-11/h2-8,10,16H,9H2,1H3,(H,24,28)(H,25,27)(H,29,30)/t16-/m0/s1. The summed E-state index contributed by atoms with van der Waals surface area (Å²) >= 11 is 0. The van der Waals surface area contributed by atoms with Crippen LogP contribution in [0.4, 0.5) is 15.9 Å². The number of amides is 2. The van der Waals surface area contributed by atoms with Gasteiger partial charge in [-0.15, -0.1) is 0 Å². The van der Waals surface area contributed by atoms with E-state index >= 15 is 0 Å². The molecule has 1 atom stereocenters. The van der Waals surface area contributed by atoms with Crippen molar-refractivity contribution < 1.29 is 28.6 Å². The Bertz CT molecular complexity index is 1190. The maximum Gasteiger partial charge on any atom is 0.335 e.